The molecule has 0 fully saturated rings. The molecule has 0 aliphatic heterocycles. The van der Waals surface area contributed by atoms with Crippen molar-refractivity contribution in [2.75, 3.05) is 7.11 Å². The van der Waals surface area contributed by atoms with Gasteiger partial charge in [0.15, 0.2) is 11.5 Å². The lowest BCUT2D eigenvalue weighted by atomic mass is 10.2. The van der Waals surface area contributed by atoms with E-state index < -0.39 is 0 Å². The lowest BCUT2D eigenvalue weighted by molar-refractivity contribution is 0.282. The predicted molar refractivity (Wildman–Crippen MR) is 105 cm³/mol. The topological polar surface area (TPSA) is 61.5 Å². The van der Waals surface area contributed by atoms with Gasteiger partial charge < -0.3 is 9.47 Å². The van der Waals surface area contributed by atoms with Crippen LogP contribution in [0.2, 0.25) is 5.02 Å². The molecule has 3 rings (SSSR count). The normalized spacial score (nSPS) is 11.0. The molecule has 0 aliphatic carbocycles. The fraction of sp³-hybridized carbons (Fsp3) is 0.118. The number of hydrogen-bond donors (Lipinski definition) is 0. The number of aromatic nitrogens is 3. The molecule has 25 heavy (non-hydrogen) atoms. The number of halogens is 2. The van der Waals surface area contributed by atoms with Crippen LogP contribution in [0.1, 0.15) is 11.1 Å². The number of nitrogens with zero attached hydrogens (tertiary/aromatic N) is 4. The van der Waals surface area contributed by atoms with Gasteiger partial charge in [0.1, 0.15) is 19.3 Å². The zero-order valence-electron chi connectivity index (χ0n) is 13.3. The maximum absolute atomic E-state index is 6.18. The van der Waals surface area contributed by atoms with E-state index in [0.717, 1.165) is 14.7 Å². The summed E-state index contributed by atoms with van der Waals surface area (Å²) in [6.45, 7) is 0.361. The quantitative estimate of drug-likeness (QED) is 0.405. The molecule has 0 N–H and O–H groups in total. The van der Waals surface area contributed by atoms with Crippen LogP contribution in [0.5, 0.6) is 11.5 Å². The fourth-order valence-corrected chi connectivity index (χ4v) is 3.08. The van der Waals surface area contributed by atoms with Gasteiger partial charge >= 0.3 is 0 Å². The van der Waals surface area contributed by atoms with Gasteiger partial charge in [-0.15, -0.1) is 10.2 Å². The van der Waals surface area contributed by atoms with Crippen LogP contribution in [-0.4, -0.2) is 28.2 Å². The van der Waals surface area contributed by atoms with Crippen LogP contribution in [0.4, 0.5) is 0 Å². The Morgan fingerprint density at radius 3 is 2.72 bits per heavy atom. The molecule has 128 valence electrons. The van der Waals surface area contributed by atoms with Crippen LogP contribution in [0, 0.1) is 3.57 Å². The number of benzene rings is 2. The van der Waals surface area contributed by atoms with Gasteiger partial charge in [0, 0.05) is 10.6 Å². The van der Waals surface area contributed by atoms with E-state index in [9.17, 15) is 0 Å². The van der Waals surface area contributed by atoms with Crippen molar-refractivity contribution in [2.45, 2.75) is 6.61 Å². The fourth-order valence-electron chi connectivity index (χ4n) is 2.11. The van der Waals surface area contributed by atoms with E-state index in [1.54, 1.807) is 13.3 Å². The predicted octanol–water partition coefficient (Wildman–Crippen LogP) is 4.01. The van der Waals surface area contributed by atoms with E-state index in [1.165, 1.54) is 17.3 Å². The number of hydrogen-bond acceptors (Lipinski definition) is 5. The number of ether oxygens (including phenoxy) is 2. The van der Waals surface area contributed by atoms with Crippen molar-refractivity contribution in [1.82, 2.24) is 14.9 Å². The summed E-state index contributed by atoms with van der Waals surface area (Å²) in [5.41, 5.74) is 1.79. The molecule has 0 unspecified atom stereocenters. The Bertz CT molecular complexity index is 884. The van der Waals surface area contributed by atoms with E-state index in [0.29, 0.717) is 23.1 Å². The average molecular weight is 469 g/mol. The Labute approximate surface area is 163 Å². The average Bonchev–Trinajstić information content (AvgIpc) is 3.13. The van der Waals surface area contributed by atoms with Crippen LogP contribution >= 0.6 is 34.2 Å². The third kappa shape index (κ3) is 4.49. The van der Waals surface area contributed by atoms with Gasteiger partial charge in [0.2, 0.25) is 0 Å². The molecule has 0 amide bonds. The van der Waals surface area contributed by atoms with Crippen LogP contribution in [0.25, 0.3) is 0 Å². The molecule has 2 aromatic carbocycles. The molecule has 0 saturated heterocycles. The third-order valence-corrected chi connectivity index (χ3v) is 4.50. The second kappa shape index (κ2) is 8.30. The lowest BCUT2D eigenvalue weighted by Crippen LogP contribution is -2.01. The largest absolute Gasteiger partial charge is 0.493 e. The third-order valence-electron chi connectivity index (χ3n) is 3.33. The highest BCUT2D eigenvalue weighted by Gasteiger charge is 2.12. The minimum Gasteiger partial charge on any atom is -0.493 e. The molecule has 0 atom stereocenters. The Morgan fingerprint density at radius 2 is 2.00 bits per heavy atom. The Balaban J connectivity index is 1.81. The maximum atomic E-state index is 6.18. The molecule has 1 heterocycles. The van der Waals surface area contributed by atoms with Crippen LogP contribution in [-0.2, 0) is 6.61 Å². The van der Waals surface area contributed by atoms with Crippen molar-refractivity contribution < 1.29 is 9.47 Å². The zero-order valence-corrected chi connectivity index (χ0v) is 16.2. The SMILES string of the molecule is COc1cc(/C=N\n2cnnc2)cc(I)c1OCc1ccccc1Cl. The minimum atomic E-state index is 0.361. The Kier molecular flexibility index (Phi) is 5.87. The Hall–Kier alpha value is -2.13. The lowest BCUT2D eigenvalue weighted by Gasteiger charge is -2.14. The van der Waals surface area contributed by atoms with Crippen LogP contribution < -0.4 is 9.47 Å². The van der Waals surface area contributed by atoms with Crippen molar-refractivity contribution in [1.29, 1.82) is 0 Å². The molecule has 0 aliphatic rings. The van der Waals surface area contributed by atoms with E-state index in [1.807, 2.05) is 36.4 Å². The van der Waals surface area contributed by atoms with Crippen molar-refractivity contribution in [2.24, 2.45) is 5.10 Å². The van der Waals surface area contributed by atoms with E-state index in [4.69, 9.17) is 21.1 Å². The molecule has 0 radical (unpaired) electrons. The summed E-state index contributed by atoms with van der Waals surface area (Å²) in [5, 5.41) is 12.3. The molecular weight excluding hydrogens is 455 g/mol. The molecule has 6 nitrogen and oxygen atoms in total. The highest BCUT2D eigenvalue weighted by atomic mass is 127. The van der Waals surface area contributed by atoms with Gasteiger partial charge in [-0.1, -0.05) is 29.8 Å². The highest BCUT2D eigenvalue weighted by Crippen LogP contribution is 2.34. The molecule has 1 aromatic heterocycles. The van der Waals surface area contributed by atoms with Crippen LogP contribution in [0.15, 0.2) is 54.2 Å². The first-order valence-electron chi connectivity index (χ1n) is 7.30. The van der Waals surface area contributed by atoms with E-state index in [-0.39, 0.29) is 0 Å². The second-order valence-electron chi connectivity index (χ2n) is 5.00. The van der Waals surface area contributed by atoms with E-state index >= 15 is 0 Å². The molecular formula is C17H14ClIN4O2. The van der Waals surface area contributed by atoms with Crippen molar-refractivity contribution in [3.8, 4) is 11.5 Å². The standard InChI is InChI=1S/C17H14ClIN4O2/c1-24-16-7-12(8-22-23-10-20-21-11-23)6-15(19)17(16)25-9-13-4-2-3-5-14(13)18/h2-8,10-11H,9H2,1H3/b22-8-. The van der Waals surface area contributed by atoms with Gasteiger partial charge in [-0.2, -0.15) is 5.10 Å². The van der Waals surface area contributed by atoms with Gasteiger partial charge in [-0.25, -0.2) is 4.68 Å². The molecule has 8 heteroatoms. The maximum Gasteiger partial charge on any atom is 0.174 e. The smallest absolute Gasteiger partial charge is 0.174 e. The van der Waals surface area contributed by atoms with Crippen molar-refractivity contribution in [3.63, 3.8) is 0 Å². The summed E-state index contributed by atoms with van der Waals surface area (Å²) in [6.07, 6.45) is 4.73. The highest BCUT2D eigenvalue weighted by molar-refractivity contribution is 14.1. The summed E-state index contributed by atoms with van der Waals surface area (Å²) >= 11 is 8.38. The number of rotatable bonds is 6. The van der Waals surface area contributed by atoms with Crippen molar-refractivity contribution >= 4 is 40.4 Å². The van der Waals surface area contributed by atoms with Gasteiger partial charge in [-0.05, 0) is 46.4 Å². The Morgan fingerprint density at radius 1 is 1.24 bits per heavy atom. The van der Waals surface area contributed by atoms with Gasteiger partial charge in [0.05, 0.1) is 16.9 Å². The van der Waals surface area contributed by atoms with Gasteiger partial charge in [-0.3, -0.25) is 0 Å². The molecule has 0 saturated carbocycles. The monoisotopic (exact) mass is 468 g/mol. The first kappa shape index (κ1) is 17.7. The first-order chi connectivity index (χ1) is 12.2. The summed E-state index contributed by atoms with van der Waals surface area (Å²) in [5.74, 6) is 1.30. The minimum absolute atomic E-state index is 0.361. The molecule has 0 bridgehead atoms. The summed E-state index contributed by atoms with van der Waals surface area (Å²) < 4.78 is 13.8. The van der Waals surface area contributed by atoms with Crippen LogP contribution in [0.3, 0.4) is 0 Å². The second-order valence-corrected chi connectivity index (χ2v) is 6.57. The van der Waals surface area contributed by atoms with Gasteiger partial charge in [0.25, 0.3) is 0 Å². The number of methoxy groups -OCH3 is 1. The zero-order chi connectivity index (χ0) is 17.6. The van der Waals surface area contributed by atoms with Crippen molar-refractivity contribution in [3.05, 3.63) is 68.8 Å². The summed E-state index contributed by atoms with van der Waals surface area (Å²) in [4.78, 5) is 0. The summed E-state index contributed by atoms with van der Waals surface area (Å²) in [6, 6.07) is 11.4. The first-order valence-corrected chi connectivity index (χ1v) is 8.76. The molecule has 3 aromatic rings. The summed E-state index contributed by atoms with van der Waals surface area (Å²) in [7, 11) is 1.61. The molecule has 0 spiro atoms. The van der Waals surface area contributed by atoms with E-state index in [2.05, 4.69) is 37.9 Å².